The van der Waals surface area contributed by atoms with Gasteiger partial charge in [-0.25, -0.2) is 8.78 Å². The molecule has 12 nitrogen and oxygen atoms in total. The number of amides is 5. The molecule has 5 N–H and O–H groups in total. The lowest BCUT2D eigenvalue weighted by atomic mass is 10.0. The van der Waals surface area contributed by atoms with Gasteiger partial charge in [0.2, 0.25) is 23.6 Å². The van der Waals surface area contributed by atoms with E-state index in [1.807, 2.05) is 18.2 Å². The number of rotatable bonds is 5. The van der Waals surface area contributed by atoms with Gasteiger partial charge in [-0.1, -0.05) is 44.2 Å². The van der Waals surface area contributed by atoms with Crippen molar-refractivity contribution in [2.24, 2.45) is 5.92 Å². The Balaban J connectivity index is 1.82. The van der Waals surface area contributed by atoms with Gasteiger partial charge in [-0.3, -0.25) is 29.1 Å². The quantitative estimate of drug-likeness (QED) is 0.347. The number of aromatic amines is 1. The van der Waals surface area contributed by atoms with E-state index in [9.17, 15) is 32.8 Å². The van der Waals surface area contributed by atoms with Crippen molar-refractivity contribution in [3.63, 3.8) is 0 Å². The standard InChI is InChI=1S/C29H39F2N7O5/c1-17(2)24-28(42)32-12-8-14-38(29(43)22-16-20(25(30)31)36-37-22)13-7-11-23(39)34-21(15-19-9-5-4-6-10-19)27(41)33-18(3)26(40)35-24/h4-6,9-10,16-18,21,24-25H,7-8,11-15H2,1-3H3,(H,32,42)(H,33,41)(H,34,39)(H,35,40)(H,36,37)/t18-,21+,24-/m1/s1. The minimum absolute atomic E-state index is 0.0337. The summed E-state index contributed by atoms with van der Waals surface area (Å²) in [5.41, 5.74) is 0.107. The first-order chi connectivity index (χ1) is 20.5. The van der Waals surface area contributed by atoms with E-state index in [1.165, 1.54) is 11.8 Å². The number of benzene rings is 1. The van der Waals surface area contributed by atoms with Gasteiger partial charge >= 0.3 is 0 Å². The molecule has 3 atom stereocenters. The number of hydrogen-bond acceptors (Lipinski definition) is 6. The van der Waals surface area contributed by atoms with Crippen LogP contribution in [0.2, 0.25) is 0 Å². The number of carbonyl (C=O) groups excluding carboxylic acids is 5. The Labute approximate surface area is 248 Å². The average Bonchev–Trinajstić information content (AvgIpc) is 3.47. The number of aromatic nitrogens is 2. The lowest BCUT2D eigenvalue weighted by Gasteiger charge is -2.26. The van der Waals surface area contributed by atoms with Gasteiger partial charge < -0.3 is 26.2 Å². The van der Waals surface area contributed by atoms with Gasteiger partial charge in [0.25, 0.3) is 12.3 Å². The highest BCUT2D eigenvalue weighted by Crippen LogP contribution is 2.17. The van der Waals surface area contributed by atoms with Crippen LogP contribution < -0.4 is 21.3 Å². The first-order valence-corrected chi connectivity index (χ1v) is 14.3. The first-order valence-electron chi connectivity index (χ1n) is 14.3. The van der Waals surface area contributed by atoms with Gasteiger partial charge in [0, 0.05) is 32.5 Å². The van der Waals surface area contributed by atoms with Gasteiger partial charge in [-0.05, 0) is 37.3 Å². The number of nitrogens with one attached hydrogen (secondary N) is 5. The second-order valence-corrected chi connectivity index (χ2v) is 10.8. The van der Waals surface area contributed by atoms with Crippen LogP contribution in [-0.2, 0) is 25.6 Å². The van der Waals surface area contributed by atoms with E-state index in [4.69, 9.17) is 0 Å². The van der Waals surface area contributed by atoms with Crippen LogP contribution in [0.3, 0.4) is 0 Å². The largest absolute Gasteiger partial charge is 0.354 e. The van der Waals surface area contributed by atoms with Crippen molar-refractivity contribution in [2.45, 2.75) is 71.0 Å². The molecule has 0 unspecified atom stereocenters. The first kappa shape index (κ1) is 33.1. The van der Waals surface area contributed by atoms with Crippen LogP contribution in [0, 0.1) is 5.92 Å². The third kappa shape index (κ3) is 9.86. The van der Waals surface area contributed by atoms with E-state index < -0.39 is 59.8 Å². The highest BCUT2D eigenvalue weighted by atomic mass is 19.3. The smallest absolute Gasteiger partial charge is 0.279 e. The fourth-order valence-corrected chi connectivity index (χ4v) is 4.58. The molecular weight excluding hydrogens is 564 g/mol. The van der Waals surface area contributed by atoms with Crippen molar-refractivity contribution < 1.29 is 32.8 Å². The molecule has 3 rings (SSSR count). The minimum atomic E-state index is -2.83. The summed E-state index contributed by atoms with van der Waals surface area (Å²) in [5, 5.41) is 16.7. The van der Waals surface area contributed by atoms with Gasteiger partial charge in [0.05, 0.1) is 0 Å². The number of halogens is 2. The average molecular weight is 604 g/mol. The summed E-state index contributed by atoms with van der Waals surface area (Å²) in [7, 11) is 0. The normalized spacial score (nSPS) is 21.8. The summed E-state index contributed by atoms with van der Waals surface area (Å²) in [4.78, 5) is 66.5. The van der Waals surface area contributed by atoms with Crippen molar-refractivity contribution in [1.29, 1.82) is 0 Å². The third-order valence-electron chi connectivity index (χ3n) is 7.01. The molecule has 234 valence electrons. The van der Waals surface area contributed by atoms with E-state index in [1.54, 1.807) is 26.0 Å². The van der Waals surface area contributed by atoms with Crippen LogP contribution in [0.4, 0.5) is 8.78 Å². The zero-order valence-corrected chi connectivity index (χ0v) is 24.5. The maximum Gasteiger partial charge on any atom is 0.279 e. The molecule has 1 saturated heterocycles. The van der Waals surface area contributed by atoms with E-state index in [0.717, 1.165) is 11.6 Å². The highest BCUT2D eigenvalue weighted by molar-refractivity contribution is 5.94. The Morgan fingerprint density at radius 1 is 0.977 bits per heavy atom. The van der Waals surface area contributed by atoms with Gasteiger partial charge in [-0.15, -0.1) is 0 Å². The number of alkyl halides is 2. The number of nitrogens with zero attached hydrogens (tertiary/aromatic N) is 2. The Hall–Kier alpha value is -4.36. The number of hydrogen-bond donors (Lipinski definition) is 5. The molecule has 1 aromatic carbocycles. The number of carbonyl (C=O) groups is 5. The van der Waals surface area contributed by atoms with Crippen LogP contribution in [0.5, 0.6) is 0 Å². The summed E-state index contributed by atoms with van der Waals surface area (Å²) >= 11 is 0. The predicted octanol–water partition coefficient (Wildman–Crippen LogP) is 1.46. The zero-order valence-electron chi connectivity index (χ0n) is 24.5. The molecule has 2 heterocycles. The lowest BCUT2D eigenvalue weighted by molar-refractivity contribution is -0.134. The molecule has 0 radical (unpaired) electrons. The Bertz CT molecular complexity index is 1270. The summed E-state index contributed by atoms with van der Waals surface area (Å²) < 4.78 is 26.1. The Kier molecular flexibility index (Phi) is 12.1. The fraction of sp³-hybridized carbons (Fsp3) is 0.517. The summed E-state index contributed by atoms with van der Waals surface area (Å²) in [6.07, 6.45) is -2.16. The summed E-state index contributed by atoms with van der Waals surface area (Å²) in [6.45, 7) is 5.45. The Morgan fingerprint density at radius 3 is 2.33 bits per heavy atom. The van der Waals surface area contributed by atoms with Crippen molar-refractivity contribution in [2.75, 3.05) is 19.6 Å². The second-order valence-electron chi connectivity index (χ2n) is 10.8. The molecular formula is C29H39F2N7O5. The fourth-order valence-electron chi connectivity index (χ4n) is 4.58. The van der Waals surface area contributed by atoms with Crippen molar-refractivity contribution >= 4 is 29.5 Å². The van der Waals surface area contributed by atoms with E-state index >= 15 is 0 Å². The molecule has 1 fully saturated rings. The zero-order chi connectivity index (χ0) is 31.5. The maximum absolute atomic E-state index is 13.2. The van der Waals surface area contributed by atoms with E-state index in [-0.39, 0.29) is 50.5 Å². The second kappa shape index (κ2) is 15.8. The summed E-state index contributed by atoms with van der Waals surface area (Å²) in [6, 6.07) is 7.17. The SMILES string of the molecule is CC(C)[C@H]1NC(=O)[C@@H](C)NC(=O)[C@H](Cc2ccccc2)NC(=O)CCCN(C(=O)c2cc(C(F)F)[nH]n2)CCCNC1=O. The van der Waals surface area contributed by atoms with Gasteiger partial charge in [-0.2, -0.15) is 5.10 Å². The topological polar surface area (TPSA) is 165 Å². The Morgan fingerprint density at radius 2 is 1.67 bits per heavy atom. The van der Waals surface area contributed by atoms with Crippen LogP contribution in [0.25, 0.3) is 0 Å². The molecule has 1 aliphatic heterocycles. The van der Waals surface area contributed by atoms with Crippen molar-refractivity contribution in [1.82, 2.24) is 36.4 Å². The molecule has 43 heavy (non-hydrogen) atoms. The molecule has 1 aromatic heterocycles. The van der Waals surface area contributed by atoms with Crippen LogP contribution in [-0.4, -0.2) is 82.4 Å². The molecule has 14 heteroatoms. The van der Waals surface area contributed by atoms with Crippen LogP contribution in [0.15, 0.2) is 36.4 Å². The van der Waals surface area contributed by atoms with Crippen molar-refractivity contribution in [3.8, 4) is 0 Å². The lowest BCUT2D eigenvalue weighted by Crippen LogP contribution is -2.57. The highest BCUT2D eigenvalue weighted by Gasteiger charge is 2.29. The van der Waals surface area contributed by atoms with Crippen molar-refractivity contribution in [3.05, 3.63) is 53.3 Å². The molecule has 1 aliphatic rings. The van der Waals surface area contributed by atoms with Gasteiger partial charge in [0.1, 0.15) is 23.8 Å². The van der Waals surface area contributed by atoms with E-state index in [0.29, 0.717) is 6.42 Å². The molecule has 2 aromatic rings. The maximum atomic E-state index is 13.2. The van der Waals surface area contributed by atoms with Gasteiger partial charge in [0.15, 0.2) is 5.69 Å². The van der Waals surface area contributed by atoms with E-state index in [2.05, 4.69) is 31.5 Å². The number of H-pyrrole nitrogens is 1. The third-order valence-corrected chi connectivity index (χ3v) is 7.01. The minimum Gasteiger partial charge on any atom is -0.354 e. The van der Waals surface area contributed by atoms with Crippen LogP contribution in [0.1, 0.15) is 68.2 Å². The molecule has 0 bridgehead atoms. The van der Waals surface area contributed by atoms with Crippen LogP contribution >= 0.6 is 0 Å². The predicted molar refractivity (Wildman–Crippen MR) is 153 cm³/mol. The molecule has 0 spiro atoms. The molecule has 0 saturated carbocycles. The molecule has 0 aliphatic carbocycles. The summed E-state index contributed by atoms with van der Waals surface area (Å²) in [5.74, 6) is -2.88. The molecule has 5 amide bonds. The monoisotopic (exact) mass is 603 g/mol.